The van der Waals surface area contributed by atoms with Crippen molar-refractivity contribution in [3.05, 3.63) is 122 Å². The van der Waals surface area contributed by atoms with Crippen molar-refractivity contribution >= 4 is 29.7 Å². The lowest BCUT2D eigenvalue weighted by Gasteiger charge is -2.39. The largest absolute Gasteiger partial charge is 0.507 e. The van der Waals surface area contributed by atoms with Gasteiger partial charge in [0.15, 0.2) is 11.6 Å². The Morgan fingerprint density at radius 3 is 2.29 bits per heavy atom. The number of hydrogen-bond donors (Lipinski definition) is 6. The number of carbonyl (C=O) groups is 3. The summed E-state index contributed by atoms with van der Waals surface area (Å²) in [6.07, 6.45) is -1.35. The molecular weight excluding hydrogens is 708 g/mol. The van der Waals surface area contributed by atoms with E-state index in [-0.39, 0.29) is 56.9 Å². The minimum absolute atomic E-state index is 0.00819. The van der Waals surface area contributed by atoms with E-state index in [2.05, 4.69) is 0 Å². The highest BCUT2D eigenvalue weighted by Gasteiger charge is 2.45. The molecular formula is C43H42O12. The van der Waals surface area contributed by atoms with E-state index in [9.17, 15) is 45.0 Å². The second-order valence-electron chi connectivity index (χ2n) is 14.4. The third kappa shape index (κ3) is 7.08. The summed E-state index contributed by atoms with van der Waals surface area (Å²) in [5, 5.41) is 65.7. The number of benzene rings is 4. The normalized spacial score (nSPS) is 23.1. The molecule has 0 radical (unpaired) electrons. The highest BCUT2D eigenvalue weighted by molar-refractivity contribution is 6.31. The molecule has 2 aliphatic carbocycles. The third-order valence-electron chi connectivity index (χ3n) is 10.7. The summed E-state index contributed by atoms with van der Waals surface area (Å²) in [6.45, 7) is 1.95. The molecule has 0 amide bonds. The lowest BCUT2D eigenvalue weighted by molar-refractivity contribution is -0.268. The van der Waals surface area contributed by atoms with Crippen LogP contribution in [-0.4, -0.2) is 78.9 Å². The van der Waals surface area contributed by atoms with Crippen molar-refractivity contribution in [3.63, 3.8) is 0 Å². The van der Waals surface area contributed by atoms with E-state index in [1.54, 1.807) is 24.3 Å². The standard InChI is InChI=1S/C43H42O12/c1-22-36(46)40(50)41(51)42(53-22)55-32-20-30-35(37(47)29(32)18-25-11-8-12-27(17-25)43(52)15-6-7-16-43)39(49)33-26(21-44)19-31(54-23(2)45)28(34(33)38(30)48)14-13-24-9-4-3-5-10-24/h3-5,8-14,17,19-20,22,36,40-42,44,46-47,50-52H,6-7,15-16,18,21H2,1-2H3. The van der Waals surface area contributed by atoms with E-state index >= 15 is 0 Å². The maximum absolute atomic E-state index is 14.7. The zero-order valence-electron chi connectivity index (χ0n) is 30.3. The van der Waals surface area contributed by atoms with Crippen LogP contribution in [0, 0.1) is 0 Å². The highest BCUT2D eigenvalue weighted by Crippen LogP contribution is 2.46. The number of hydrogen-bond acceptors (Lipinski definition) is 12. The van der Waals surface area contributed by atoms with E-state index < -0.39 is 66.2 Å². The molecule has 12 nitrogen and oxygen atoms in total. The van der Waals surface area contributed by atoms with E-state index in [0.717, 1.165) is 18.4 Å². The van der Waals surface area contributed by atoms with Crippen LogP contribution < -0.4 is 9.47 Å². The smallest absolute Gasteiger partial charge is 0.308 e. The molecule has 12 heteroatoms. The van der Waals surface area contributed by atoms with Gasteiger partial charge in [0.2, 0.25) is 6.29 Å². The molecule has 1 aliphatic heterocycles. The Morgan fingerprint density at radius 1 is 0.873 bits per heavy atom. The van der Waals surface area contributed by atoms with Crippen LogP contribution in [0.1, 0.15) is 105 Å². The maximum atomic E-state index is 14.7. The first-order valence-electron chi connectivity index (χ1n) is 18.2. The molecule has 0 bridgehead atoms. The minimum Gasteiger partial charge on any atom is -0.507 e. The Hall–Kier alpha value is -5.21. The first-order chi connectivity index (χ1) is 26.3. The van der Waals surface area contributed by atoms with Crippen LogP contribution >= 0.6 is 0 Å². The number of rotatable bonds is 9. The summed E-state index contributed by atoms with van der Waals surface area (Å²) in [6, 6.07) is 18.8. The number of aliphatic hydroxyl groups excluding tert-OH is 4. The second-order valence-corrected chi connectivity index (χ2v) is 14.4. The van der Waals surface area contributed by atoms with Gasteiger partial charge in [-0.2, -0.15) is 0 Å². The van der Waals surface area contributed by atoms with Crippen LogP contribution in [0.15, 0.2) is 66.7 Å². The first-order valence-corrected chi connectivity index (χ1v) is 18.2. The molecule has 4 aromatic carbocycles. The third-order valence-corrected chi connectivity index (χ3v) is 10.7. The molecule has 286 valence electrons. The van der Waals surface area contributed by atoms with Gasteiger partial charge in [-0.1, -0.05) is 73.5 Å². The molecule has 5 atom stereocenters. The van der Waals surface area contributed by atoms with E-state index in [0.29, 0.717) is 24.0 Å². The molecule has 3 aliphatic rings. The highest BCUT2D eigenvalue weighted by atomic mass is 16.7. The molecule has 0 spiro atoms. The van der Waals surface area contributed by atoms with Crippen LogP contribution in [0.2, 0.25) is 0 Å². The summed E-state index contributed by atoms with van der Waals surface area (Å²) >= 11 is 0. The fourth-order valence-electron chi connectivity index (χ4n) is 7.78. The van der Waals surface area contributed by atoms with Crippen LogP contribution in [0.25, 0.3) is 12.2 Å². The number of phenolic OH excluding ortho intramolecular Hbond substituents is 1. The number of carbonyl (C=O) groups excluding carboxylic acids is 3. The van der Waals surface area contributed by atoms with Gasteiger partial charge in [0.1, 0.15) is 35.6 Å². The molecule has 1 saturated heterocycles. The van der Waals surface area contributed by atoms with Crippen LogP contribution in [0.3, 0.4) is 0 Å². The van der Waals surface area contributed by atoms with Gasteiger partial charge in [-0.15, -0.1) is 0 Å². The average Bonchev–Trinajstić information content (AvgIpc) is 3.63. The Balaban J connectivity index is 1.41. The second kappa shape index (κ2) is 15.1. The fraction of sp³-hybridized carbons (Fsp3) is 0.326. The van der Waals surface area contributed by atoms with Gasteiger partial charge < -0.3 is 44.8 Å². The first kappa shape index (κ1) is 38.1. The van der Waals surface area contributed by atoms with Crippen molar-refractivity contribution in [2.24, 2.45) is 0 Å². The monoisotopic (exact) mass is 750 g/mol. The topological polar surface area (TPSA) is 200 Å². The van der Waals surface area contributed by atoms with Crippen LogP contribution in [0.4, 0.5) is 0 Å². The number of aliphatic hydroxyl groups is 5. The number of ketones is 2. The number of aromatic hydroxyl groups is 1. The predicted octanol–water partition coefficient (Wildman–Crippen LogP) is 4.31. The fourth-order valence-corrected chi connectivity index (χ4v) is 7.78. The van der Waals surface area contributed by atoms with Crippen LogP contribution in [0.5, 0.6) is 17.2 Å². The quantitative estimate of drug-likeness (QED) is 0.0710. The molecule has 0 aromatic heterocycles. The number of phenols is 1. The summed E-state index contributed by atoms with van der Waals surface area (Å²) in [4.78, 5) is 41.6. The maximum Gasteiger partial charge on any atom is 0.308 e. The summed E-state index contributed by atoms with van der Waals surface area (Å²) in [5.41, 5.74) is 0.146. The molecule has 7 rings (SSSR count). The number of ether oxygens (including phenoxy) is 3. The van der Waals surface area contributed by atoms with Crippen molar-refractivity contribution < 1.29 is 59.2 Å². The van der Waals surface area contributed by atoms with Gasteiger partial charge >= 0.3 is 5.97 Å². The van der Waals surface area contributed by atoms with E-state index in [1.165, 1.54) is 32.1 Å². The number of esters is 1. The molecule has 55 heavy (non-hydrogen) atoms. The lowest BCUT2D eigenvalue weighted by atomic mass is 9.77. The van der Waals surface area contributed by atoms with Crippen molar-refractivity contribution in [2.45, 2.75) is 88.9 Å². The van der Waals surface area contributed by atoms with E-state index in [1.807, 2.05) is 36.4 Å². The average molecular weight is 751 g/mol. The molecule has 1 saturated carbocycles. The van der Waals surface area contributed by atoms with Crippen molar-refractivity contribution in [3.8, 4) is 17.2 Å². The summed E-state index contributed by atoms with van der Waals surface area (Å²) in [5.74, 6) is -3.08. The zero-order chi connectivity index (χ0) is 39.2. The molecule has 6 N–H and O–H groups in total. The van der Waals surface area contributed by atoms with Gasteiger partial charge in [0.05, 0.1) is 23.9 Å². The zero-order valence-corrected chi connectivity index (χ0v) is 30.3. The summed E-state index contributed by atoms with van der Waals surface area (Å²) in [7, 11) is 0. The SMILES string of the molecule is CC(=O)Oc1cc(CO)c2c(c1C=Cc1ccccc1)C(=O)c1cc(OC3OC(C)C(O)C(O)C3O)c(Cc3cccc(C4(O)CCCC4)c3)c(O)c1C2=O. The van der Waals surface area contributed by atoms with Gasteiger partial charge in [0, 0.05) is 41.2 Å². The van der Waals surface area contributed by atoms with Gasteiger partial charge in [-0.25, -0.2) is 0 Å². The van der Waals surface area contributed by atoms with Crippen molar-refractivity contribution in [2.75, 3.05) is 0 Å². The Bertz CT molecular complexity index is 2190. The Labute approximate surface area is 316 Å². The molecule has 5 unspecified atom stereocenters. The van der Waals surface area contributed by atoms with Crippen molar-refractivity contribution in [1.29, 1.82) is 0 Å². The molecule has 1 heterocycles. The van der Waals surface area contributed by atoms with Gasteiger partial charge in [-0.05, 0) is 60.2 Å². The van der Waals surface area contributed by atoms with Crippen molar-refractivity contribution in [1.82, 2.24) is 0 Å². The predicted molar refractivity (Wildman–Crippen MR) is 199 cm³/mol. The Kier molecular flexibility index (Phi) is 10.5. The lowest BCUT2D eigenvalue weighted by Crippen LogP contribution is -2.58. The summed E-state index contributed by atoms with van der Waals surface area (Å²) < 4.78 is 17.4. The van der Waals surface area contributed by atoms with Gasteiger partial charge in [0.25, 0.3) is 0 Å². The molecule has 4 aromatic rings. The number of fused-ring (bicyclic) bond motifs is 2. The van der Waals surface area contributed by atoms with Gasteiger partial charge in [-0.3, -0.25) is 14.4 Å². The minimum atomic E-state index is -1.75. The molecule has 2 fully saturated rings. The Morgan fingerprint density at radius 2 is 1.60 bits per heavy atom. The van der Waals surface area contributed by atoms with E-state index in [4.69, 9.17) is 14.2 Å². The van der Waals surface area contributed by atoms with Crippen LogP contribution in [-0.2, 0) is 28.2 Å².